The summed E-state index contributed by atoms with van der Waals surface area (Å²) in [7, 11) is 0. The van der Waals surface area contributed by atoms with Gasteiger partial charge in [-0.3, -0.25) is 9.78 Å². The average molecular weight is 406 g/mol. The van der Waals surface area contributed by atoms with Crippen LogP contribution in [-0.2, 0) is 0 Å². The Labute approximate surface area is 151 Å². The quantitative estimate of drug-likeness (QED) is 0.627. The minimum Gasteiger partial charge on any atom is -0.383 e. The number of fused-ring (bicyclic) bond motifs is 1. The van der Waals surface area contributed by atoms with Gasteiger partial charge in [-0.05, 0) is 36.4 Å². The molecule has 0 saturated heterocycles. The number of nitrogens with zero attached hydrogens (tertiary/aromatic N) is 1. The summed E-state index contributed by atoms with van der Waals surface area (Å²) in [4.78, 5) is 16.2. The summed E-state index contributed by atoms with van der Waals surface area (Å²) in [5.41, 5.74) is 1.13. The molecule has 25 heavy (non-hydrogen) atoms. The lowest BCUT2D eigenvalue weighted by Gasteiger charge is -2.11. The fourth-order valence-corrected chi connectivity index (χ4v) is 2.81. The van der Waals surface area contributed by atoms with Crippen LogP contribution < -0.4 is 10.6 Å². The fraction of sp³-hybridized carbons (Fsp3) is 0.111. The Morgan fingerprint density at radius 2 is 1.84 bits per heavy atom. The van der Waals surface area contributed by atoms with E-state index in [1.165, 1.54) is 6.07 Å². The number of amides is 1. The van der Waals surface area contributed by atoms with E-state index in [9.17, 15) is 13.6 Å². The molecule has 128 valence electrons. The number of halogens is 3. The van der Waals surface area contributed by atoms with Crippen molar-refractivity contribution in [3.8, 4) is 0 Å². The van der Waals surface area contributed by atoms with Crippen molar-refractivity contribution in [2.45, 2.75) is 0 Å². The zero-order valence-corrected chi connectivity index (χ0v) is 14.6. The van der Waals surface area contributed by atoms with Crippen LogP contribution in [-0.4, -0.2) is 24.0 Å². The summed E-state index contributed by atoms with van der Waals surface area (Å²) < 4.78 is 28.0. The van der Waals surface area contributed by atoms with E-state index in [0.29, 0.717) is 6.54 Å². The molecule has 3 rings (SSSR count). The molecule has 0 aliphatic carbocycles. The van der Waals surface area contributed by atoms with E-state index in [2.05, 4.69) is 31.5 Å². The highest BCUT2D eigenvalue weighted by molar-refractivity contribution is 9.10. The van der Waals surface area contributed by atoms with Gasteiger partial charge < -0.3 is 10.6 Å². The number of pyridine rings is 1. The molecule has 0 saturated carbocycles. The normalized spacial score (nSPS) is 10.7. The number of anilines is 1. The lowest BCUT2D eigenvalue weighted by atomic mass is 10.2. The second kappa shape index (κ2) is 7.57. The molecule has 0 fully saturated rings. The third kappa shape index (κ3) is 3.93. The maximum atomic E-state index is 13.6. The summed E-state index contributed by atoms with van der Waals surface area (Å²) in [6.45, 7) is 0.609. The number of nitrogens with one attached hydrogen (secondary N) is 2. The van der Waals surface area contributed by atoms with E-state index in [-0.39, 0.29) is 6.54 Å². The Balaban J connectivity index is 1.62. The zero-order chi connectivity index (χ0) is 17.8. The number of hydrogen-bond donors (Lipinski definition) is 2. The molecule has 0 aliphatic rings. The molecule has 0 bridgehead atoms. The Bertz CT molecular complexity index is 913. The molecule has 1 amide bonds. The standard InChI is InChI=1S/C18H14BrF2N3O/c19-11-4-5-15-12(10-11)16(6-7-22-15)23-8-9-24-18(25)17-13(20)2-1-3-14(17)21/h1-7,10H,8-9H2,(H,22,23)(H,24,25). The van der Waals surface area contributed by atoms with Gasteiger partial charge in [0.15, 0.2) is 0 Å². The molecule has 0 atom stereocenters. The molecule has 2 N–H and O–H groups in total. The van der Waals surface area contributed by atoms with Gasteiger partial charge in [0, 0.05) is 34.8 Å². The van der Waals surface area contributed by atoms with Gasteiger partial charge in [-0.25, -0.2) is 8.78 Å². The molecule has 3 aromatic rings. The number of aromatic nitrogens is 1. The second-order valence-electron chi connectivity index (χ2n) is 5.30. The maximum Gasteiger partial charge on any atom is 0.257 e. The molecule has 2 aromatic carbocycles. The Hall–Kier alpha value is -2.54. The van der Waals surface area contributed by atoms with E-state index < -0.39 is 23.1 Å². The van der Waals surface area contributed by atoms with E-state index in [1.807, 2.05) is 24.3 Å². The van der Waals surface area contributed by atoms with Crippen LogP contribution in [0.25, 0.3) is 10.9 Å². The van der Waals surface area contributed by atoms with E-state index in [1.54, 1.807) is 6.20 Å². The summed E-state index contributed by atoms with van der Waals surface area (Å²) in [5, 5.41) is 6.63. The van der Waals surface area contributed by atoms with Crippen LogP contribution in [0.15, 0.2) is 53.1 Å². The molecule has 0 spiro atoms. The highest BCUT2D eigenvalue weighted by Gasteiger charge is 2.16. The predicted molar refractivity (Wildman–Crippen MR) is 96.6 cm³/mol. The summed E-state index contributed by atoms with van der Waals surface area (Å²) in [6.07, 6.45) is 1.69. The first-order chi connectivity index (χ1) is 12.1. The minimum atomic E-state index is -0.879. The number of hydrogen-bond acceptors (Lipinski definition) is 3. The van der Waals surface area contributed by atoms with Crippen LogP contribution in [0, 0.1) is 11.6 Å². The molecule has 0 radical (unpaired) electrons. The van der Waals surface area contributed by atoms with Crippen molar-refractivity contribution < 1.29 is 13.6 Å². The predicted octanol–water partition coefficient (Wildman–Crippen LogP) is 4.12. The Morgan fingerprint density at radius 1 is 1.08 bits per heavy atom. The third-order valence-electron chi connectivity index (χ3n) is 3.62. The number of benzene rings is 2. The van der Waals surface area contributed by atoms with Gasteiger partial charge in [-0.15, -0.1) is 0 Å². The van der Waals surface area contributed by atoms with Crippen LogP contribution in [0.2, 0.25) is 0 Å². The SMILES string of the molecule is O=C(NCCNc1ccnc2ccc(Br)cc12)c1c(F)cccc1F. The van der Waals surface area contributed by atoms with Gasteiger partial charge >= 0.3 is 0 Å². The van der Waals surface area contributed by atoms with Gasteiger partial charge in [0.25, 0.3) is 5.91 Å². The van der Waals surface area contributed by atoms with Crippen molar-refractivity contribution in [3.63, 3.8) is 0 Å². The van der Waals surface area contributed by atoms with Crippen LogP contribution in [0.1, 0.15) is 10.4 Å². The van der Waals surface area contributed by atoms with Crippen LogP contribution >= 0.6 is 15.9 Å². The van der Waals surface area contributed by atoms with Crippen LogP contribution in [0.3, 0.4) is 0 Å². The highest BCUT2D eigenvalue weighted by Crippen LogP contribution is 2.24. The van der Waals surface area contributed by atoms with Crippen molar-refractivity contribution >= 4 is 38.4 Å². The molecule has 0 unspecified atom stereocenters. The topological polar surface area (TPSA) is 54.0 Å². The molecule has 1 heterocycles. The monoisotopic (exact) mass is 405 g/mol. The number of rotatable bonds is 5. The third-order valence-corrected chi connectivity index (χ3v) is 4.11. The van der Waals surface area contributed by atoms with Gasteiger partial charge in [-0.2, -0.15) is 0 Å². The van der Waals surface area contributed by atoms with E-state index in [0.717, 1.165) is 33.2 Å². The second-order valence-corrected chi connectivity index (χ2v) is 6.21. The lowest BCUT2D eigenvalue weighted by Crippen LogP contribution is -2.30. The number of carbonyl (C=O) groups is 1. The van der Waals surface area contributed by atoms with Crippen molar-refractivity contribution in [1.29, 1.82) is 0 Å². The van der Waals surface area contributed by atoms with Crippen molar-refractivity contribution in [1.82, 2.24) is 10.3 Å². The highest BCUT2D eigenvalue weighted by atomic mass is 79.9. The Morgan fingerprint density at radius 3 is 2.60 bits per heavy atom. The molecule has 4 nitrogen and oxygen atoms in total. The maximum absolute atomic E-state index is 13.6. The van der Waals surface area contributed by atoms with Gasteiger partial charge in [0.2, 0.25) is 0 Å². The Kier molecular flexibility index (Phi) is 5.23. The zero-order valence-electron chi connectivity index (χ0n) is 13.0. The average Bonchev–Trinajstić information content (AvgIpc) is 2.58. The first-order valence-electron chi connectivity index (χ1n) is 7.56. The minimum absolute atomic E-state index is 0.213. The van der Waals surface area contributed by atoms with Crippen molar-refractivity contribution in [3.05, 3.63) is 70.3 Å². The molecule has 0 aliphatic heterocycles. The van der Waals surface area contributed by atoms with Gasteiger partial charge in [-0.1, -0.05) is 22.0 Å². The summed E-state index contributed by atoms with van der Waals surface area (Å²) in [6, 6.07) is 10.9. The van der Waals surface area contributed by atoms with E-state index >= 15 is 0 Å². The van der Waals surface area contributed by atoms with Gasteiger partial charge in [0.05, 0.1) is 5.52 Å². The first-order valence-corrected chi connectivity index (χ1v) is 8.36. The first kappa shape index (κ1) is 17.3. The van der Waals surface area contributed by atoms with Crippen LogP contribution in [0.5, 0.6) is 0 Å². The van der Waals surface area contributed by atoms with Crippen molar-refractivity contribution in [2.75, 3.05) is 18.4 Å². The van der Waals surface area contributed by atoms with Gasteiger partial charge in [0.1, 0.15) is 17.2 Å². The summed E-state index contributed by atoms with van der Waals surface area (Å²) >= 11 is 3.42. The fourth-order valence-electron chi connectivity index (χ4n) is 2.45. The smallest absolute Gasteiger partial charge is 0.257 e. The van der Waals surface area contributed by atoms with E-state index in [4.69, 9.17) is 0 Å². The van der Waals surface area contributed by atoms with Crippen LogP contribution in [0.4, 0.5) is 14.5 Å². The number of carbonyl (C=O) groups excluding carboxylic acids is 1. The molecular formula is C18H14BrF2N3O. The van der Waals surface area contributed by atoms with Crippen molar-refractivity contribution in [2.24, 2.45) is 0 Å². The molecular weight excluding hydrogens is 392 g/mol. The lowest BCUT2D eigenvalue weighted by molar-refractivity contribution is 0.0947. The molecule has 7 heteroatoms. The molecule has 1 aromatic heterocycles. The summed E-state index contributed by atoms with van der Waals surface area (Å²) in [5.74, 6) is -2.54. The largest absolute Gasteiger partial charge is 0.383 e.